The van der Waals surface area contributed by atoms with Crippen molar-refractivity contribution in [1.29, 1.82) is 0 Å². The summed E-state index contributed by atoms with van der Waals surface area (Å²) in [5.41, 5.74) is 1.25. The first-order valence-corrected chi connectivity index (χ1v) is 8.66. The van der Waals surface area contributed by atoms with Gasteiger partial charge in [0.05, 0.1) is 16.8 Å². The topological polar surface area (TPSA) is 97.1 Å². The van der Waals surface area contributed by atoms with Crippen LogP contribution in [0.2, 0.25) is 0 Å². The highest BCUT2D eigenvalue weighted by Crippen LogP contribution is 2.19. The molecule has 0 aliphatic carbocycles. The Morgan fingerprint density at radius 3 is 2.50 bits per heavy atom. The van der Waals surface area contributed by atoms with Crippen LogP contribution < -0.4 is 10.0 Å². The van der Waals surface area contributed by atoms with Crippen molar-refractivity contribution in [3.63, 3.8) is 0 Å². The van der Waals surface area contributed by atoms with Crippen LogP contribution in [0.4, 0.5) is 17.3 Å². The predicted molar refractivity (Wildman–Crippen MR) is 90.7 cm³/mol. The van der Waals surface area contributed by atoms with E-state index in [1.165, 1.54) is 6.20 Å². The van der Waals surface area contributed by atoms with Gasteiger partial charge in [-0.15, -0.1) is 0 Å². The van der Waals surface area contributed by atoms with E-state index in [1.807, 2.05) is 13.0 Å². The van der Waals surface area contributed by atoms with Crippen molar-refractivity contribution in [3.8, 4) is 0 Å². The molecule has 0 atom stereocenters. The number of anilines is 3. The number of pyridine rings is 1. The highest BCUT2D eigenvalue weighted by atomic mass is 32.2. The van der Waals surface area contributed by atoms with Crippen molar-refractivity contribution in [2.45, 2.75) is 18.7 Å². The fourth-order valence-electron chi connectivity index (χ4n) is 2.08. The molecule has 1 aromatic carbocycles. The Balaban J connectivity index is 1.74. The summed E-state index contributed by atoms with van der Waals surface area (Å²) < 4.78 is 32.2. The summed E-state index contributed by atoms with van der Waals surface area (Å²) in [7, 11) is -3.64. The molecular weight excluding hydrogens is 328 g/mol. The Morgan fingerprint density at radius 1 is 1.04 bits per heavy atom. The highest BCUT2D eigenvalue weighted by molar-refractivity contribution is 7.92. The summed E-state index contributed by atoms with van der Waals surface area (Å²) in [5, 5.41) is 6.76. The molecule has 0 fully saturated rings. The molecule has 0 amide bonds. The third kappa shape index (κ3) is 3.72. The van der Waals surface area contributed by atoms with E-state index >= 15 is 0 Å². The summed E-state index contributed by atoms with van der Waals surface area (Å²) in [5.74, 6) is 1.75. The van der Waals surface area contributed by atoms with Crippen molar-refractivity contribution >= 4 is 27.3 Å². The van der Waals surface area contributed by atoms with Crippen LogP contribution in [0, 0.1) is 13.8 Å². The molecule has 3 rings (SSSR count). The van der Waals surface area contributed by atoms with Crippen molar-refractivity contribution in [2.24, 2.45) is 0 Å². The van der Waals surface area contributed by atoms with Crippen LogP contribution in [0.1, 0.15) is 11.3 Å². The van der Waals surface area contributed by atoms with Crippen LogP contribution in [0.15, 0.2) is 58.1 Å². The van der Waals surface area contributed by atoms with Crippen molar-refractivity contribution < 1.29 is 12.9 Å². The predicted octanol–water partition coefficient (Wildman–Crippen LogP) is 3.23. The van der Waals surface area contributed by atoms with Crippen LogP contribution >= 0.6 is 0 Å². The molecule has 7 nitrogen and oxygen atoms in total. The highest BCUT2D eigenvalue weighted by Gasteiger charge is 2.14. The summed E-state index contributed by atoms with van der Waals surface area (Å²) in [6, 6.07) is 11.7. The maximum Gasteiger partial charge on any atom is 0.261 e. The average Bonchev–Trinajstić information content (AvgIpc) is 2.94. The van der Waals surface area contributed by atoms with E-state index in [1.54, 1.807) is 43.3 Å². The quantitative estimate of drug-likeness (QED) is 0.737. The summed E-state index contributed by atoms with van der Waals surface area (Å²) in [4.78, 5) is 4.37. The Bertz CT molecular complexity index is 949. The zero-order chi connectivity index (χ0) is 17.2. The van der Waals surface area contributed by atoms with E-state index in [4.69, 9.17) is 4.52 Å². The number of sulfonamides is 1. The lowest BCUT2D eigenvalue weighted by Crippen LogP contribution is -2.13. The Labute approximate surface area is 139 Å². The number of aryl methyl sites for hydroxylation is 2. The van der Waals surface area contributed by atoms with Gasteiger partial charge in [-0.1, -0.05) is 17.3 Å². The lowest BCUT2D eigenvalue weighted by Gasteiger charge is -2.09. The Kier molecular flexibility index (Phi) is 4.22. The minimum absolute atomic E-state index is 0.211. The molecule has 0 aliphatic rings. The maximum absolute atomic E-state index is 12.4. The summed E-state index contributed by atoms with van der Waals surface area (Å²) in [6.07, 6.45) is 1.43. The van der Waals surface area contributed by atoms with Gasteiger partial charge in [-0.2, -0.15) is 0 Å². The molecule has 0 spiro atoms. The van der Waals surface area contributed by atoms with Gasteiger partial charge in [0.1, 0.15) is 11.6 Å². The van der Waals surface area contributed by atoms with Crippen molar-refractivity contribution in [2.75, 3.05) is 10.0 Å². The maximum atomic E-state index is 12.4. The van der Waals surface area contributed by atoms with E-state index in [2.05, 4.69) is 20.2 Å². The van der Waals surface area contributed by atoms with Gasteiger partial charge in [-0.25, -0.2) is 13.4 Å². The number of rotatable bonds is 5. The first kappa shape index (κ1) is 16.0. The number of hydrogen-bond donors (Lipinski definition) is 2. The van der Waals surface area contributed by atoms with E-state index in [-0.39, 0.29) is 4.90 Å². The van der Waals surface area contributed by atoms with Crippen LogP contribution in [-0.2, 0) is 10.0 Å². The molecule has 124 valence electrons. The van der Waals surface area contributed by atoms with Crippen LogP contribution in [0.3, 0.4) is 0 Å². The first-order valence-electron chi connectivity index (χ1n) is 7.18. The molecular formula is C16H16N4O3S. The molecule has 0 bridgehead atoms. The zero-order valence-electron chi connectivity index (χ0n) is 13.1. The standard InChI is InChI=1S/C16H16N4O3S/c1-11-4-3-5-14(8-11)24(21,22)20-13-6-7-15(17-10-13)18-16-9-12(2)23-19-16/h3-10,20H,1-2H3,(H,17,18,19). The second-order valence-corrected chi connectivity index (χ2v) is 6.98. The number of nitrogens with one attached hydrogen (secondary N) is 2. The van der Waals surface area contributed by atoms with Crippen molar-refractivity contribution in [3.05, 3.63) is 60.0 Å². The monoisotopic (exact) mass is 344 g/mol. The molecule has 2 heterocycles. The van der Waals surface area contributed by atoms with Gasteiger partial charge >= 0.3 is 0 Å². The molecule has 0 aliphatic heterocycles. The van der Waals surface area contributed by atoms with Gasteiger partial charge in [0.2, 0.25) is 0 Å². The molecule has 3 aromatic rings. The third-order valence-corrected chi connectivity index (χ3v) is 4.58. The summed E-state index contributed by atoms with van der Waals surface area (Å²) in [6.45, 7) is 3.63. The SMILES string of the molecule is Cc1cccc(S(=O)(=O)Nc2ccc(Nc3cc(C)on3)nc2)c1. The van der Waals surface area contributed by atoms with E-state index < -0.39 is 10.0 Å². The molecule has 2 aromatic heterocycles. The summed E-state index contributed by atoms with van der Waals surface area (Å²) >= 11 is 0. The van der Waals surface area contributed by atoms with E-state index in [0.717, 1.165) is 5.56 Å². The number of benzene rings is 1. The first-order chi connectivity index (χ1) is 11.4. The molecule has 0 saturated carbocycles. The third-order valence-electron chi connectivity index (χ3n) is 3.20. The zero-order valence-corrected chi connectivity index (χ0v) is 14.0. The van der Waals surface area contributed by atoms with Crippen LogP contribution in [0.25, 0.3) is 0 Å². The fourth-order valence-corrected chi connectivity index (χ4v) is 3.23. The minimum atomic E-state index is -3.64. The van der Waals surface area contributed by atoms with Crippen LogP contribution in [0.5, 0.6) is 0 Å². The van der Waals surface area contributed by atoms with Gasteiger partial charge in [-0.05, 0) is 43.7 Å². The molecule has 2 N–H and O–H groups in total. The second kappa shape index (κ2) is 6.32. The second-order valence-electron chi connectivity index (χ2n) is 5.30. The molecule has 8 heteroatoms. The number of hydrogen-bond acceptors (Lipinski definition) is 6. The lowest BCUT2D eigenvalue weighted by molar-refractivity contribution is 0.400. The van der Waals surface area contributed by atoms with Gasteiger partial charge in [0, 0.05) is 6.07 Å². The molecule has 0 unspecified atom stereocenters. The van der Waals surface area contributed by atoms with Gasteiger partial charge < -0.3 is 9.84 Å². The Morgan fingerprint density at radius 2 is 1.88 bits per heavy atom. The Hall–Kier alpha value is -2.87. The van der Waals surface area contributed by atoms with E-state index in [9.17, 15) is 8.42 Å². The van der Waals surface area contributed by atoms with Gasteiger partial charge in [0.15, 0.2) is 5.82 Å². The van der Waals surface area contributed by atoms with Gasteiger partial charge in [0.25, 0.3) is 10.0 Å². The normalized spacial score (nSPS) is 11.2. The molecule has 0 radical (unpaired) electrons. The molecule has 24 heavy (non-hydrogen) atoms. The van der Waals surface area contributed by atoms with Gasteiger partial charge in [-0.3, -0.25) is 4.72 Å². The van der Waals surface area contributed by atoms with Crippen LogP contribution in [-0.4, -0.2) is 18.6 Å². The average molecular weight is 344 g/mol. The number of aromatic nitrogens is 2. The molecule has 0 saturated heterocycles. The van der Waals surface area contributed by atoms with Crippen molar-refractivity contribution in [1.82, 2.24) is 10.1 Å². The fraction of sp³-hybridized carbons (Fsp3) is 0.125. The lowest BCUT2D eigenvalue weighted by atomic mass is 10.2. The van der Waals surface area contributed by atoms with E-state index in [0.29, 0.717) is 23.1 Å². The smallest absolute Gasteiger partial charge is 0.261 e. The minimum Gasteiger partial charge on any atom is -0.360 e. The largest absolute Gasteiger partial charge is 0.360 e. The number of nitrogens with zero attached hydrogens (tertiary/aromatic N) is 2.